The van der Waals surface area contributed by atoms with E-state index in [-0.39, 0.29) is 30.2 Å². The van der Waals surface area contributed by atoms with Crippen LogP contribution in [-0.4, -0.2) is 35.7 Å². The highest BCUT2D eigenvalue weighted by atomic mass is 16.2. The number of carbonyl (C=O) groups excluding carboxylic acids is 3. The zero-order chi connectivity index (χ0) is 11.7. The fourth-order valence-corrected chi connectivity index (χ4v) is 1.63. The zero-order valence-electron chi connectivity index (χ0n) is 9.16. The Kier molecular flexibility index (Phi) is 2.77. The van der Waals surface area contributed by atoms with E-state index in [4.69, 9.17) is 0 Å². The number of carbonyl (C=O) groups is 3. The van der Waals surface area contributed by atoms with E-state index in [1.54, 1.807) is 6.92 Å². The van der Waals surface area contributed by atoms with E-state index in [0.29, 0.717) is 12.1 Å². The van der Waals surface area contributed by atoms with Crippen molar-refractivity contribution >= 4 is 17.7 Å². The van der Waals surface area contributed by atoms with Crippen LogP contribution in [0, 0.1) is 5.92 Å². The molecular weight excluding hydrogens is 208 g/mol. The van der Waals surface area contributed by atoms with Crippen LogP contribution in [0.4, 0.5) is 0 Å². The predicted octanol–water partition coefficient (Wildman–Crippen LogP) is -0.172. The lowest BCUT2D eigenvalue weighted by molar-refractivity contribution is -0.137. The van der Waals surface area contributed by atoms with Crippen LogP contribution in [0.1, 0.15) is 19.8 Å². The molecule has 1 heterocycles. The Morgan fingerprint density at radius 1 is 1.50 bits per heavy atom. The standard InChI is InChI=1S/C11H14N2O3/c1-7-6-9(14)13(11(7)16)5-4-12-10(15)8-2-3-8/h6,8H,2-5H2,1H3,(H,12,15). The van der Waals surface area contributed by atoms with Gasteiger partial charge in [-0.15, -0.1) is 0 Å². The maximum atomic E-state index is 11.5. The molecular formula is C11H14N2O3. The molecule has 0 aromatic carbocycles. The minimum absolute atomic E-state index is 0.0313. The molecule has 1 aliphatic heterocycles. The van der Waals surface area contributed by atoms with E-state index >= 15 is 0 Å². The number of rotatable bonds is 4. The van der Waals surface area contributed by atoms with Crippen LogP contribution in [0.3, 0.4) is 0 Å². The van der Waals surface area contributed by atoms with Gasteiger partial charge in [0.15, 0.2) is 0 Å². The summed E-state index contributed by atoms with van der Waals surface area (Å²) < 4.78 is 0. The van der Waals surface area contributed by atoms with Crippen molar-refractivity contribution in [3.63, 3.8) is 0 Å². The van der Waals surface area contributed by atoms with E-state index in [1.165, 1.54) is 6.08 Å². The smallest absolute Gasteiger partial charge is 0.256 e. The predicted molar refractivity (Wildman–Crippen MR) is 56.2 cm³/mol. The van der Waals surface area contributed by atoms with Gasteiger partial charge in [-0.2, -0.15) is 0 Å². The molecule has 1 fully saturated rings. The number of hydrogen-bond donors (Lipinski definition) is 1. The van der Waals surface area contributed by atoms with E-state index < -0.39 is 0 Å². The number of nitrogens with zero attached hydrogens (tertiary/aromatic N) is 1. The van der Waals surface area contributed by atoms with E-state index in [9.17, 15) is 14.4 Å². The average molecular weight is 222 g/mol. The van der Waals surface area contributed by atoms with Gasteiger partial charge in [-0.3, -0.25) is 19.3 Å². The van der Waals surface area contributed by atoms with Gasteiger partial charge in [0.1, 0.15) is 0 Å². The normalized spacial score (nSPS) is 20.1. The largest absolute Gasteiger partial charge is 0.354 e. The topological polar surface area (TPSA) is 66.5 Å². The number of amides is 3. The highest BCUT2D eigenvalue weighted by molar-refractivity contribution is 6.15. The molecule has 0 atom stereocenters. The van der Waals surface area contributed by atoms with Gasteiger partial charge in [0.05, 0.1) is 0 Å². The van der Waals surface area contributed by atoms with Gasteiger partial charge in [-0.05, 0) is 19.8 Å². The molecule has 2 aliphatic rings. The lowest BCUT2D eigenvalue weighted by Crippen LogP contribution is -2.39. The molecule has 1 N–H and O–H groups in total. The molecule has 0 spiro atoms. The SMILES string of the molecule is CC1=CC(=O)N(CCNC(=O)C2CC2)C1=O. The quantitative estimate of drug-likeness (QED) is 0.671. The van der Waals surface area contributed by atoms with Gasteiger partial charge < -0.3 is 5.32 Å². The van der Waals surface area contributed by atoms with Crippen molar-refractivity contribution in [1.29, 1.82) is 0 Å². The number of imide groups is 1. The second kappa shape index (κ2) is 4.08. The van der Waals surface area contributed by atoms with E-state index in [0.717, 1.165) is 17.7 Å². The van der Waals surface area contributed by atoms with Gasteiger partial charge in [0, 0.05) is 30.7 Å². The molecule has 0 bridgehead atoms. The van der Waals surface area contributed by atoms with Crippen LogP contribution in [0.15, 0.2) is 11.6 Å². The summed E-state index contributed by atoms with van der Waals surface area (Å²) in [6.45, 7) is 2.21. The summed E-state index contributed by atoms with van der Waals surface area (Å²) in [4.78, 5) is 35.2. The molecule has 3 amide bonds. The summed E-state index contributed by atoms with van der Waals surface area (Å²) in [7, 11) is 0. The molecule has 5 heteroatoms. The van der Waals surface area contributed by atoms with Crippen molar-refractivity contribution < 1.29 is 14.4 Å². The van der Waals surface area contributed by atoms with Gasteiger partial charge in [0.25, 0.3) is 11.8 Å². The van der Waals surface area contributed by atoms with Crippen LogP contribution in [0.2, 0.25) is 0 Å². The second-order valence-corrected chi connectivity index (χ2v) is 4.19. The van der Waals surface area contributed by atoms with Crippen LogP contribution < -0.4 is 5.32 Å². The molecule has 86 valence electrons. The van der Waals surface area contributed by atoms with Gasteiger partial charge in [-0.1, -0.05) is 0 Å². The summed E-state index contributed by atoms with van der Waals surface area (Å²) in [6, 6.07) is 0. The maximum Gasteiger partial charge on any atom is 0.256 e. The minimum Gasteiger partial charge on any atom is -0.354 e. The van der Waals surface area contributed by atoms with E-state index in [1.807, 2.05) is 0 Å². The first kappa shape index (κ1) is 10.9. The monoisotopic (exact) mass is 222 g/mol. The van der Waals surface area contributed by atoms with Crippen LogP contribution in [-0.2, 0) is 14.4 Å². The van der Waals surface area contributed by atoms with Crippen molar-refractivity contribution in [2.45, 2.75) is 19.8 Å². The summed E-state index contributed by atoms with van der Waals surface area (Å²) in [6.07, 6.45) is 3.23. The zero-order valence-corrected chi connectivity index (χ0v) is 9.16. The second-order valence-electron chi connectivity index (χ2n) is 4.19. The third kappa shape index (κ3) is 2.13. The van der Waals surface area contributed by atoms with Crippen molar-refractivity contribution in [3.8, 4) is 0 Å². The third-order valence-electron chi connectivity index (χ3n) is 2.77. The Bertz CT molecular complexity index is 383. The number of nitrogens with one attached hydrogen (secondary N) is 1. The molecule has 1 aliphatic carbocycles. The first-order chi connectivity index (χ1) is 7.59. The molecule has 1 saturated carbocycles. The molecule has 0 saturated heterocycles. The average Bonchev–Trinajstić information content (AvgIpc) is 3.02. The third-order valence-corrected chi connectivity index (χ3v) is 2.77. The lowest BCUT2D eigenvalue weighted by Gasteiger charge is -2.14. The van der Waals surface area contributed by atoms with Crippen molar-refractivity contribution in [1.82, 2.24) is 10.2 Å². The number of hydrogen-bond acceptors (Lipinski definition) is 3. The minimum atomic E-state index is -0.289. The molecule has 0 aromatic rings. The van der Waals surface area contributed by atoms with Gasteiger partial charge >= 0.3 is 0 Å². The molecule has 0 unspecified atom stereocenters. The van der Waals surface area contributed by atoms with Crippen LogP contribution in [0.5, 0.6) is 0 Å². The first-order valence-corrected chi connectivity index (χ1v) is 5.41. The Balaban J connectivity index is 1.76. The molecule has 0 aromatic heterocycles. The summed E-state index contributed by atoms with van der Waals surface area (Å²) >= 11 is 0. The van der Waals surface area contributed by atoms with Gasteiger partial charge in [0.2, 0.25) is 5.91 Å². The Morgan fingerprint density at radius 3 is 2.69 bits per heavy atom. The van der Waals surface area contributed by atoms with Crippen LogP contribution in [0.25, 0.3) is 0 Å². The van der Waals surface area contributed by atoms with Gasteiger partial charge in [-0.25, -0.2) is 0 Å². The van der Waals surface area contributed by atoms with Crippen molar-refractivity contribution in [2.24, 2.45) is 5.92 Å². The molecule has 5 nitrogen and oxygen atoms in total. The Morgan fingerprint density at radius 2 is 2.19 bits per heavy atom. The maximum absolute atomic E-state index is 11.5. The summed E-state index contributed by atoms with van der Waals surface area (Å²) in [5, 5.41) is 2.72. The molecule has 2 rings (SSSR count). The fraction of sp³-hybridized carbons (Fsp3) is 0.545. The highest BCUT2D eigenvalue weighted by Gasteiger charge is 2.30. The Labute approximate surface area is 93.5 Å². The first-order valence-electron chi connectivity index (χ1n) is 5.41. The van der Waals surface area contributed by atoms with Crippen molar-refractivity contribution in [2.75, 3.05) is 13.1 Å². The summed E-state index contributed by atoms with van der Waals surface area (Å²) in [5.41, 5.74) is 0.457. The molecule has 16 heavy (non-hydrogen) atoms. The van der Waals surface area contributed by atoms with Crippen LogP contribution >= 0.6 is 0 Å². The van der Waals surface area contributed by atoms with Crippen molar-refractivity contribution in [3.05, 3.63) is 11.6 Å². The fourth-order valence-electron chi connectivity index (χ4n) is 1.63. The highest BCUT2D eigenvalue weighted by Crippen LogP contribution is 2.28. The Hall–Kier alpha value is -1.65. The molecule has 0 radical (unpaired) electrons. The van der Waals surface area contributed by atoms with E-state index in [2.05, 4.69) is 5.32 Å². The summed E-state index contributed by atoms with van der Waals surface area (Å²) in [5.74, 6) is -0.359. The lowest BCUT2D eigenvalue weighted by atomic mass is 10.3.